The number of piperidine rings is 1. The van der Waals surface area contributed by atoms with Crippen LogP contribution < -0.4 is 10.1 Å². The van der Waals surface area contributed by atoms with Gasteiger partial charge in [-0.2, -0.15) is 0 Å². The predicted molar refractivity (Wildman–Crippen MR) is 141 cm³/mol. The Morgan fingerprint density at radius 1 is 1.23 bits per heavy atom. The average molecular weight is 553 g/mol. The first-order chi connectivity index (χ1) is 18.7. The summed E-state index contributed by atoms with van der Waals surface area (Å²) in [4.78, 5) is 27.8. The van der Waals surface area contributed by atoms with Gasteiger partial charge in [-0.25, -0.2) is 4.79 Å². The molecule has 10 heteroatoms. The number of likely N-dealkylation sites (tertiary alicyclic amines) is 1. The monoisotopic (exact) mass is 552 g/mol. The summed E-state index contributed by atoms with van der Waals surface area (Å²) in [5.74, 6) is -0.590. The van der Waals surface area contributed by atoms with Gasteiger partial charge in [0.2, 0.25) is 0 Å². The van der Waals surface area contributed by atoms with E-state index in [9.17, 15) is 24.9 Å². The Morgan fingerprint density at radius 3 is 2.74 bits per heavy atom. The molecule has 1 amide bonds. The van der Waals surface area contributed by atoms with Crippen molar-refractivity contribution in [3.05, 3.63) is 63.4 Å². The molecule has 4 N–H and O–H groups in total. The first kappa shape index (κ1) is 24.7. The number of nitrogens with zero attached hydrogens (tertiary/aromatic N) is 1. The third-order valence-corrected chi connectivity index (χ3v) is 9.74. The summed E-state index contributed by atoms with van der Waals surface area (Å²) >= 11 is 6.35. The van der Waals surface area contributed by atoms with Crippen LogP contribution in [0.2, 0.25) is 5.02 Å². The van der Waals surface area contributed by atoms with Crippen LogP contribution in [0.15, 0.2) is 41.7 Å². The number of hydrogen-bond donors (Lipinski definition) is 4. The van der Waals surface area contributed by atoms with Crippen LogP contribution in [-0.4, -0.2) is 70.0 Å². The second kappa shape index (κ2) is 8.36. The summed E-state index contributed by atoms with van der Waals surface area (Å²) in [5, 5.41) is 37.8. The maximum absolute atomic E-state index is 13.6. The summed E-state index contributed by atoms with van der Waals surface area (Å²) in [6.07, 6.45) is 2.35. The molecular weight excluding hydrogens is 524 g/mol. The lowest BCUT2D eigenvalue weighted by Crippen LogP contribution is -2.75. The number of halogens is 1. The number of nitrogens with one attached hydrogen (secondary N) is 1. The molecular formula is C29H29ClN2O7. The number of hydrogen-bond acceptors (Lipinski definition) is 8. The highest BCUT2D eigenvalue weighted by Gasteiger charge is 2.73. The second-order valence-electron chi connectivity index (χ2n) is 11.4. The van der Waals surface area contributed by atoms with Crippen LogP contribution >= 0.6 is 11.6 Å². The molecule has 2 aromatic carbocycles. The van der Waals surface area contributed by atoms with Crippen molar-refractivity contribution in [3.8, 4) is 11.5 Å². The van der Waals surface area contributed by atoms with Crippen LogP contribution in [0.1, 0.15) is 47.2 Å². The van der Waals surface area contributed by atoms with Crippen molar-refractivity contribution in [2.45, 2.75) is 55.3 Å². The van der Waals surface area contributed by atoms with Crippen molar-refractivity contribution in [1.29, 1.82) is 0 Å². The normalized spacial score (nSPS) is 30.4. The molecule has 2 heterocycles. The Morgan fingerprint density at radius 2 is 2.03 bits per heavy atom. The van der Waals surface area contributed by atoms with E-state index in [1.165, 1.54) is 38.2 Å². The number of aliphatic hydroxyl groups is 2. The Bertz CT molecular complexity index is 1470. The number of benzene rings is 2. The van der Waals surface area contributed by atoms with Gasteiger partial charge >= 0.3 is 5.97 Å². The smallest absolute Gasteiger partial charge is 0.337 e. The summed E-state index contributed by atoms with van der Waals surface area (Å²) in [6, 6.07) is 7.57. The maximum Gasteiger partial charge on any atom is 0.337 e. The van der Waals surface area contributed by atoms with Gasteiger partial charge in [-0.15, -0.1) is 0 Å². The lowest BCUT2D eigenvalue weighted by atomic mass is 9.49. The number of aromatic hydroxyl groups is 1. The first-order valence-electron chi connectivity index (χ1n) is 13.3. The van der Waals surface area contributed by atoms with Gasteiger partial charge in [0.1, 0.15) is 5.76 Å². The van der Waals surface area contributed by atoms with Crippen LogP contribution in [0, 0.1) is 5.92 Å². The number of carbonyl (C=O) groups excluding carboxylic acids is 2. The van der Waals surface area contributed by atoms with Crippen LogP contribution in [0.4, 0.5) is 5.69 Å². The molecule has 9 nitrogen and oxygen atoms in total. The molecule has 1 saturated heterocycles. The largest absolute Gasteiger partial charge is 0.508 e. The van der Waals surface area contributed by atoms with E-state index in [-0.39, 0.29) is 51.6 Å². The highest BCUT2D eigenvalue weighted by Crippen LogP contribution is 2.66. The number of anilines is 1. The molecule has 0 aromatic heterocycles. The third kappa shape index (κ3) is 3.33. The Kier molecular flexibility index (Phi) is 5.31. The van der Waals surface area contributed by atoms with Crippen LogP contribution in [0.3, 0.4) is 0 Å². The van der Waals surface area contributed by atoms with Gasteiger partial charge in [-0.3, -0.25) is 9.69 Å². The van der Waals surface area contributed by atoms with Gasteiger partial charge in [0.25, 0.3) is 5.91 Å². The number of aliphatic hydroxyl groups excluding tert-OH is 1. The summed E-state index contributed by atoms with van der Waals surface area (Å²) in [5.41, 5.74) is -0.142. The third-order valence-electron chi connectivity index (χ3n) is 9.43. The van der Waals surface area contributed by atoms with Crippen molar-refractivity contribution in [3.63, 3.8) is 0 Å². The van der Waals surface area contributed by atoms with Gasteiger partial charge < -0.3 is 30.1 Å². The average Bonchev–Trinajstić information content (AvgIpc) is 3.66. The van der Waals surface area contributed by atoms with E-state index in [0.717, 1.165) is 24.2 Å². The number of ether oxygens (including phenoxy) is 2. The Balaban J connectivity index is 1.30. The molecule has 1 saturated carbocycles. The number of rotatable bonds is 5. The number of methoxy groups -OCH3 is 1. The van der Waals surface area contributed by atoms with Crippen molar-refractivity contribution in [2.24, 2.45) is 5.92 Å². The molecule has 4 atom stereocenters. The van der Waals surface area contributed by atoms with Crippen molar-refractivity contribution < 1.29 is 34.4 Å². The molecule has 3 aliphatic carbocycles. The molecule has 1 unspecified atom stereocenters. The van der Waals surface area contributed by atoms with E-state index in [0.29, 0.717) is 18.8 Å². The van der Waals surface area contributed by atoms with Gasteiger partial charge in [0.05, 0.1) is 40.0 Å². The number of phenols is 1. The van der Waals surface area contributed by atoms with Crippen LogP contribution in [0.5, 0.6) is 11.5 Å². The molecule has 7 rings (SSSR count). The second-order valence-corrected chi connectivity index (χ2v) is 11.8. The topological polar surface area (TPSA) is 129 Å². The number of esters is 1. The minimum atomic E-state index is -1.41. The summed E-state index contributed by atoms with van der Waals surface area (Å²) in [6.45, 7) is 1.61. The highest BCUT2D eigenvalue weighted by atomic mass is 35.5. The van der Waals surface area contributed by atoms with E-state index in [2.05, 4.69) is 10.2 Å². The lowest BCUT2D eigenvalue weighted by molar-refractivity contribution is -0.172. The molecule has 1 spiro atoms. The Labute approximate surface area is 230 Å². The number of phenolic OH excluding ortho intramolecular Hbond substituents is 1. The van der Waals surface area contributed by atoms with E-state index in [1.54, 1.807) is 6.07 Å². The molecule has 0 radical (unpaired) electrons. The zero-order valence-corrected chi connectivity index (χ0v) is 22.1. The van der Waals surface area contributed by atoms with Crippen LogP contribution in [-0.2, 0) is 21.4 Å². The van der Waals surface area contributed by atoms with E-state index >= 15 is 0 Å². The van der Waals surface area contributed by atoms with Crippen molar-refractivity contribution in [2.75, 3.05) is 25.5 Å². The minimum Gasteiger partial charge on any atom is -0.508 e. The fourth-order valence-electron chi connectivity index (χ4n) is 7.43. The van der Waals surface area contributed by atoms with Gasteiger partial charge in [-0.1, -0.05) is 17.7 Å². The molecule has 2 bridgehead atoms. The molecule has 2 aromatic rings. The highest BCUT2D eigenvalue weighted by molar-refractivity contribution is 6.34. The van der Waals surface area contributed by atoms with Gasteiger partial charge in [0, 0.05) is 24.6 Å². The maximum atomic E-state index is 13.6. The SMILES string of the molecule is COC(=O)c1ccc(NC(=O)C2=C(O)C3Oc4c(O)ccc5c4[C@@]34CCN(CC3CC3)[C@H](C5)[C@]4(O)C2)c(Cl)c1. The summed E-state index contributed by atoms with van der Waals surface area (Å²) < 4.78 is 11.0. The molecule has 5 aliphatic rings. The standard InChI is InChI=1S/C29H29ClN2O7/c1-38-27(36)16-4-6-19(18(30)10-16)31-26(35)17-12-29(37)21-11-15-5-7-20(33)24-22(15)28(29,25(39-24)23(17)34)8-9-32(21)13-14-2-3-14/h4-7,10,14,21,25,33-34,37H,2-3,8-9,11-13H2,1H3,(H,31,35)/t21-,25?,28+,29-/m1/s1. The molecule has 204 valence electrons. The zero-order valence-electron chi connectivity index (χ0n) is 21.4. The molecule has 2 aliphatic heterocycles. The minimum absolute atomic E-state index is 0.0141. The Hall–Kier alpha value is -3.27. The van der Waals surface area contributed by atoms with Crippen molar-refractivity contribution >= 4 is 29.2 Å². The fraction of sp³-hybridized carbons (Fsp3) is 0.448. The van der Waals surface area contributed by atoms with E-state index in [4.69, 9.17) is 21.1 Å². The van der Waals surface area contributed by atoms with Crippen molar-refractivity contribution in [1.82, 2.24) is 4.90 Å². The van der Waals surface area contributed by atoms with Crippen LogP contribution in [0.25, 0.3) is 0 Å². The summed E-state index contributed by atoms with van der Waals surface area (Å²) in [7, 11) is 1.26. The van der Waals surface area contributed by atoms with Gasteiger partial charge in [0.15, 0.2) is 17.6 Å². The molecule has 2 fully saturated rings. The molecule has 39 heavy (non-hydrogen) atoms. The number of carbonyl (C=O) groups is 2. The number of amides is 1. The first-order valence-corrected chi connectivity index (χ1v) is 13.7. The predicted octanol–water partition coefficient (Wildman–Crippen LogP) is 3.46. The lowest BCUT2D eigenvalue weighted by Gasteiger charge is -2.62. The van der Waals surface area contributed by atoms with E-state index < -0.39 is 29.0 Å². The fourth-order valence-corrected chi connectivity index (χ4v) is 7.65. The zero-order chi connectivity index (χ0) is 27.3. The quantitative estimate of drug-likeness (QED) is 0.415. The van der Waals surface area contributed by atoms with E-state index in [1.807, 2.05) is 6.07 Å². The van der Waals surface area contributed by atoms with Gasteiger partial charge in [-0.05, 0) is 68.0 Å².